The lowest BCUT2D eigenvalue weighted by Crippen LogP contribution is -2.51. The number of halogens is 3. The van der Waals surface area contributed by atoms with E-state index in [1.165, 1.54) is 18.2 Å². The van der Waals surface area contributed by atoms with Gasteiger partial charge in [0.2, 0.25) is 0 Å². The maximum atomic E-state index is 14.5. The summed E-state index contributed by atoms with van der Waals surface area (Å²) in [6.07, 6.45) is -0.432. The lowest BCUT2D eigenvalue weighted by Gasteiger charge is -2.35. The van der Waals surface area contributed by atoms with Gasteiger partial charge in [0.25, 0.3) is 11.5 Å². The van der Waals surface area contributed by atoms with Crippen LogP contribution in [0.2, 0.25) is 0 Å². The third kappa shape index (κ3) is 4.58. The van der Waals surface area contributed by atoms with Crippen molar-refractivity contribution in [2.45, 2.75) is 26.4 Å². The van der Waals surface area contributed by atoms with Crippen molar-refractivity contribution in [2.75, 3.05) is 26.2 Å². The zero-order valence-corrected chi connectivity index (χ0v) is 21.1. The van der Waals surface area contributed by atoms with E-state index in [4.69, 9.17) is 4.74 Å². The molecule has 34 heavy (non-hydrogen) atoms. The lowest BCUT2D eigenvalue weighted by atomic mass is 10.2. The van der Waals surface area contributed by atoms with E-state index in [0.717, 1.165) is 28.0 Å². The van der Waals surface area contributed by atoms with Gasteiger partial charge in [-0.25, -0.2) is 13.6 Å². The summed E-state index contributed by atoms with van der Waals surface area (Å²) in [6, 6.07) is 6.09. The van der Waals surface area contributed by atoms with Crippen LogP contribution in [0, 0.1) is 11.6 Å². The Hall–Kier alpha value is -2.79. The van der Waals surface area contributed by atoms with E-state index >= 15 is 0 Å². The molecule has 0 N–H and O–H groups in total. The molecule has 1 aromatic carbocycles. The van der Waals surface area contributed by atoms with E-state index in [1.807, 2.05) is 0 Å². The number of hydrogen-bond acceptors (Lipinski definition) is 5. The Morgan fingerprint density at radius 1 is 1.00 bits per heavy atom. The normalized spacial score (nSPS) is 14.5. The molecule has 1 fully saturated rings. The number of amides is 2. The topological polar surface area (TPSA) is 71.8 Å². The van der Waals surface area contributed by atoms with Crippen LogP contribution >= 0.6 is 27.3 Å². The molecule has 2 aromatic heterocycles. The SMILES string of the molecule is CC(C)(C)OC(=O)N1CCN(C(=O)c2sc3c(ccc(=O)n3-c3c(F)cccc3F)c2Br)CC1. The van der Waals surface area contributed by atoms with E-state index in [2.05, 4.69) is 15.9 Å². The van der Waals surface area contributed by atoms with Gasteiger partial charge in [0.1, 0.15) is 32.6 Å². The number of fused-ring (bicyclic) bond motifs is 1. The van der Waals surface area contributed by atoms with E-state index in [-0.39, 0.29) is 10.7 Å². The fourth-order valence-corrected chi connectivity index (χ4v) is 5.69. The maximum Gasteiger partial charge on any atom is 0.410 e. The van der Waals surface area contributed by atoms with Gasteiger partial charge in [-0.1, -0.05) is 6.07 Å². The minimum Gasteiger partial charge on any atom is -0.444 e. The van der Waals surface area contributed by atoms with Gasteiger partial charge in [-0.3, -0.25) is 14.2 Å². The third-order valence-electron chi connectivity index (χ3n) is 5.25. The van der Waals surface area contributed by atoms with Crippen LogP contribution in [0.3, 0.4) is 0 Å². The van der Waals surface area contributed by atoms with Gasteiger partial charge in [-0.05, 0) is 54.9 Å². The van der Waals surface area contributed by atoms with Gasteiger partial charge in [0, 0.05) is 37.6 Å². The Bertz CT molecular complexity index is 1320. The van der Waals surface area contributed by atoms with Crippen LogP contribution in [0.4, 0.5) is 13.6 Å². The second-order valence-corrected chi connectivity index (χ2v) is 10.6. The Balaban J connectivity index is 1.64. The first-order valence-electron chi connectivity index (χ1n) is 10.5. The number of para-hydroxylation sites is 1. The van der Waals surface area contributed by atoms with Crippen LogP contribution in [0.1, 0.15) is 30.4 Å². The van der Waals surface area contributed by atoms with Gasteiger partial charge in [-0.2, -0.15) is 0 Å². The molecular weight excluding hydrogens is 532 g/mol. The van der Waals surface area contributed by atoms with Gasteiger partial charge in [0.05, 0.1) is 4.47 Å². The molecule has 2 amide bonds. The van der Waals surface area contributed by atoms with Crippen LogP contribution in [-0.4, -0.2) is 58.1 Å². The largest absolute Gasteiger partial charge is 0.444 e. The Labute approximate surface area is 206 Å². The van der Waals surface area contributed by atoms with E-state index in [1.54, 1.807) is 30.6 Å². The maximum absolute atomic E-state index is 14.5. The number of hydrogen-bond donors (Lipinski definition) is 0. The highest BCUT2D eigenvalue weighted by molar-refractivity contribution is 9.10. The van der Waals surface area contributed by atoms with E-state index in [9.17, 15) is 23.2 Å². The number of carbonyl (C=O) groups excluding carboxylic acids is 2. The van der Waals surface area contributed by atoms with Gasteiger partial charge in [-0.15, -0.1) is 11.3 Å². The molecule has 0 saturated carbocycles. The summed E-state index contributed by atoms with van der Waals surface area (Å²) in [4.78, 5) is 41.9. The molecule has 0 unspecified atom stereocenters. The summed E-state index contributed by atoms with van der Waals surface area (Å²) < 4.78 is 35.7. The van der Waals surface area contributed by atoms with Gasteiger partial charge < -0.3 is 14.5 Å². The Morgan fingerprint density at radius 2 is 1.59 bits per heavy atom. The smallest absolute Gasteiger partial charge is 0.410 e. The Morgan fingerprint density at radius 3 is 2.18 bits per heavy atom. The molecule has 0 radical (unpaired) electrons. The number of ether oxygens (including phenoxy) is 1. The zero-order chi connectivity index (χ0) is 24.8. The van der Waals surface area contributed by atoms with Crippen molar-refractivity contribution in [2.24, 2.45) is 0 Å². The predicted molar refractivity (Wildman–Crippen MR) is 129 cm³/mol. The molecule has 180 valence electrons. The highest BCUT2D eigenvalue weighted by Crippen LogP contribution is 2.37. The van der Waals surface area contributed by atoms with Gasteiger partial charge >= 0.3 is 6.09 Å². The number of rotatable bonds is 2. The molecule has 1 aliphatic heterocycles. The average Bonchev–Trinajstić information content (AvgIpc) is 3.10. The van der Waals surface area contributed by atoms with Crippen molar-refractivity contribution in [1.29, 1.82) is 0 Å². The third-order valence-corrected chi connectivity index (χ3v) is 7.52. The van der Waals surface area contributed by atoms with E-state index in [0.29, 0.717) is 40.9 Å². The minimum absolute atomic E-state index is 0.249. The second-order valence-electron chi connectivity index (χ2n) is 8.80. The fourth-order valence-electron chi connectivity index (χ4n) is 3.67. The summed E-state index contributed by atoms with van der Waals surface area (Å²) in [5.41, 5.74) is -1.72. The molecule has 3 aromatic rings. The van der Waals surface area contributed by atoms with Crippen molar-refractivity contribution >= 4 is 49.5 Å². The first-order valence-corrected chi connectivity index (χ1v) is 12.1. The summed E-state index contributed by atoms with van der Waals surface area (Å²) >= 11 is 4.41. The zero-order valence-electron chi connectivity index (χ0n) is 18.7. The number of carbonyl (C=O) groups is 2. The molecule has 0 atom stereocenters. The standard InChI is InChI=1S/C23H22BrF2N3O4S/c1-23(2,3)33-22(32)28-11-9-27(10-12-28)20(31)19-17(24)13-7-8-16(30)29(21(13)34-19)18-14(25)5-4-6-15(18)26/h4-8H,9-12H2,1-3H3. The number of thiophene rings is 1. The van der Waals surface area contributed by atoms with E-state index < -0.39 is 34.6 Å². The van der Waals surface area contributed by atoms with Crippen LogP contribution in [-0.2, 0) is 4.74 Å². The number of pyridine rings is 1. The number of piperazine rings is 1. The average molecular weight is 554 g/mol. The van der Waals surface area contributed by atoms with Gasteiger partial charge in [0.15, 0.2) is 0 Å². The van der Waals surface area contributed by atoms with Crippen LogP contribution in [0.5, 0.6) is 0 Å². The Kier molecular flexibility index (Phi) is 6.52. The number of nitrogens with zero attached hydrogens (tertiary/aromatic N) is 3. The first kappa shape index (κ1) is 24.3. The van der Waals surface area contributed by atoms with Crippen LogP contribution < -0.4 is 5.56 Å². The lowest BCUT2D eigenvalue weighted by molar-refractivity contribution is 0.0141. The molecule has 4 rings (SSSR count). The first-order chi connectivity index (χ1) is 16.0. The molecule has 7 nitrogen and oxygen atoms in total. The summed E-state index contributed by atoms with van der Waals surface area (Å²) in [5, 5.41) is 0.489. The summed E-state index contributed by atoms with van der Waals surface area (Å²) in [6.45, 7) is 6.59. The molecule has 11 heteroatoms. The summed E-state index contributed by atoms with van der Waals surface area (Å²) in [7, 11) is 0. The van der Waals surface area contributed by atoms with Crippen LogP contribution in [0.25, 0.3) is 15.9 Å². The van der Waals surface area contributed by atoms with Crippen molar-refractivity contribution in [3.63, 3.8) is 0 Å². The number of aromatic nitrogens is 1. The summed E-state index contributed by atoms with van der Waals surface area (Å²) in [5.74, 6) is -2.07. The van der Waals surface area contributed by atoms with Crippen molar-refractivity contribution < 1.29 is 23.1 Å². The second kappa shape index (κ2) is 9.10. The molecule has 0 spiro atoms. The van der Waals surface area contributed by atoms with Crippen LogP contribution in [0.15, 0.2) is 39.6 Å². The molecule has 1 aliphatic rings. The quantitative estimate of drug-likeness (QED) is 0.457. The van der Waals surface area contributed by atoms with Crippen molar-refractivity contribution in [3.8, 4) is 5.69 Å². The van der Waals surface area contributed by atoms with Crippen molar-refractivity contribution in [1.82, 2.24) is 14.4 Å². The minimum atomic E-state index is -0.884. The molecule has 0 aliphatic carbocycles. The molecule has 3 heterocycles. The predicted octanol–water partition coefficient (Wildman–Crippen LogP) is 4.79. The monoisotopic (exact) mass is 553 g/mol. The highest BCUT2D eigenvalue weighted by atomic mass is 79.9. The molecule has 1 saturated heterocycles. The highest BCUT2D eigenvalue weighted by Gasteiger charge is 2.30. The fraction of sp³-hybridized carbons (Fsp3) is 0.348. The number of benzene rings is 1. The molecular formula is C23H22BrF2N3O4S. The van der Waals surface area contributed by atoms with Crippen molar-refractivity contribution in [3.05, 3.63) is 61.7 Å². The molecule has 0 bridgehead atoms.